The van der Waals surface area contributed by atoms with Crippen molar-refractivity contribution in [2.45, 2.75) is 20.3 Å². The largest absolute Gasteiger partial charge is 0.482 e. The normalized spacial score (nSPS) is 13.1. The SMILES string of the molecule is Cc1cc2c(cc1C)N(C(=O)COc1cccnc1)CC2. The minimum absolute atomic E-state index is 0.0131. The van der Waals surface area contributed by atoms with Crippen LogP contribution >= 0.6 is 0 Å². The minimum atomic E-state index is -0.0131. The molecule has 0 unspecified atom stereocenters. The van der Waals surface area contributed by atoms with E-state index in [1.165, 1.54) is 16.7 Å². The van der Waals surface area contributed by atoms with E-state index in [-0.39, 0.29) is 12.5 Å². The highest BCUT2D eigenvalue weighted by atomic mass is 16.5. The number of hydrogen-bond donors (Lipinski definition) is 0. The molecule has 0 radical (unpaired) electrons. The van der Waals surface area contributed by atoms with Gasteiger partial charge in [0, 0.05) is 18.4 Å². The van der Waals surface area contributed by atoms with Crippen LogP contribution in [0.15, 0.2) is 36.7 Å². The van der Waals surface area contributed by atoms with Crippen LogP contribution in [-0.2, 0) is 11.2 Å². The average molecular weight is 282 g/mol. The smallest absolute Gasteiger partial charge is 0.264 e. The predicted octanol–water partition coefficient (Wildman–Crippen LogP) is 2.67. The van der Waals surface area contributed by atoms with E-state index in [9.17, 15) is 4.79 Å². The Bertz CT molecular complexity index is 668. The number of rotatable bonds is 3. The third kappa shape index (κ3) is 2.75. The van der Waals surface area contributed by atoms with Gasteiger partial charge < -0.3 is 9.64 Å². The maximum absolute atomic E-state index is 12.4. The number of anilines is 1. The molecule has 1 aliphatic heterocycles. The molecule has 0 bridgehead atoms. The summed E-state index contributed by atoms with van der Waals surface area (Å²) in [6, 6.07) is 7.86. The van der Waals surface area contributed by atoms with E-state index in [2.05, 4.69) is 31.0 Å². The maximum atomic E-state index is 12.4. The van der Waals surface area contributed by atoms with Crippen molar-refractivity contribution in [2.24, 2.45) is 0 Å². The molecule has 0 saturated heterocycles. The second-order valence-electron chi connectivity index (χ2n) is 5.34. The number of pyridine rings is 1. The van der Waals surface area contributed by atoms with Crippen molar-refractivity contribution in [3.63, 3.8) is 0 Å². The van der Waals surface area contributed by atoms with Crippen molar-refractivity contribution in [1.82, 2.24) is 4.98 Å². The van der Waals surface area contributed by atoms with Crippen molar-refractivity contribution in [2.75, 3.05) is 18.1 Å². The van der Waals surface area contributed by atoms with E-state index in [1.54, 1.807) is 24.5 Å². The summed E-state index contributed by atoms with van der Waals surface area (Å²) in [5.74, 6) is 0.603. The van der Waals surface area contributed by atoms with E-state index in [0.29, 0.717) is 5.75 Å². The van der Waals surface area contributed by atoms with Crippen molar-refractivity contribution < 1.29 is 9.53 Å². The maximum Gasteiger partial charge on any atom is 0.264 e. The number of fused-ring (bicyclic) bond motifs is 1. The molecule has 2 heterocycles. The van der Waals surface area contributed by atoms with Crippen LogP contribution in [-0.4, -0.2) is 24.0 Å². The molecule has 4 nitrogen and oxygen atoms in total. The number of carbonyl (C=O) groups is 1. The second kappa shape index (κ2) is 5.56. The molecule has 0 aliphatic carbocycles. The van der Waals surface area contributed by atoms with E-state index in [1.807, 2.05) is 4.90 Å². The first-order valence-corrected chi connectivity index (χ1v) is 7.08. The van der Waals surface area contributed by atoms with E-state index < -0.39 is 0 Å². The molecule has 0 N–H and O–H groups in total. The lowest BCUT2D eigenvalue weighted by Crippen LogP contribution is -2.33. The Hall–Kier alpha value is -2.36. The van der Waals surface area contributed by atoms with Gasteiger partial charge in [0.05, 0.1) is 6.20 Å². The number of nitrogens with zero attached hydrogens (tertiary/aromatic N) is 2. The highest BCUT2D eigenvalue weighted by molar-refractivity contribution is 5.96. The lowest BCUT2D eigenvalue weighted by Gasteiger charge is -2.18. The van der Waals surface area contributed by atoms with Crippen LogP contribution < -0.4 is 9.64 Å². The van der Waals surface area contributed by atoms with Crippen LogP contribution in [0.5, 0.6) is 5.75 Å². The Morgan fingerprint density at radius 1 is 1.33 bits per heavy atom. The molecule has 4 heteroatoms. The molecule has 0 fully saturated rings. The standard InChI is InChI=1S/C17H18N2O2/c1-12-8-14-5-7-19(16(14)9-13(12)2)17(20)11-21-15-4-3-6-18-10-15/h3-4,6,8-10H,5,7,11H2,1-2H3. The summed E-state index contributed by atoms with van der Waals surface area (Å²) in [7, 11) is 0. The van der Waals surface area contributed by atoms with Crippen LogP contribution in [0, 0.1) is 13.8 Å². The van der Waals surface area contributed by atoms with Gasteiger partial charge in [-0.15, -0.1) is 0 Å². The zero-order chi connectivity index (χ0) is 14.8. The first-order valence-electron chi connectivity index (χ1n) is 7.08. The molecule has 1 amide bonds. The van der Waals surface area contributed by atoms with Crippen LogP contribution in [0.2, 0.25) is 0 Å². The number of aryl methyl sites for hydroxylation is 2. The molecule has 1 aromatic heterocycles. The topological polar surface area (TPSA) is 42.4 Å². The number of benzene rings is 1. The van der Waals surface area contributed by atoms with Crippen LogP contribution in [0.1, 0.15) is 16.7 Å². The van der Waals surface area contributed by atoms with Crippen molar-refractivity contribution in [1.29, 1.82) is 0 Å². The number of ether oxygens (including phenoxy) is 1. The number of aromatic nitrogens is 1. The van der Waals surface area contributed by atoms with Gasteiger partial charge in [0.1, 0.15) is 5.75 Å². The lowest BCUT2D eigenvalue weighted by molar-refractivity contribution is -0.120. The van der Waals surface area contributed by atoms with Gasteiger partial charge in [-0.05, 0) is 55.2 Å². The second-order valence-corrected chi connectivity index (χ2v) is 5.34. The first-order chi connectivity index (χ1) is 10.1. The highest BCUT2D eigenvalue weighted by Gasteiger charge is 2.25. The van der Waals surface area contributed by atoms with Gasteiger partial charge in [-0.2, -0.15) is 0 Å². The average Bonchev–Trinajstić information content (AvgIpc) is 2.89. The van der Waals surface area contributed by atoms with Crippen LogP contribution in [0.25, 0.3) is 0 Å². The molecule has 1 aliphatic rings. The van der Waals surface area contributed by atoms with Crippen molar-refractivity contribution in [3.8, 4) is 5.75 Å². The summed E-state index contributed by atoms with van der Waals surface area (Å²) >= 11 is 0. The molecule has 108 valence electrons. The van der Waals surface area contributed by atoms with Gasteiger partial charge in [-0.3, -0.25) is 9.78 Å². The van der Waals surface area contributed by atoms with Gasteiger partial charge in [-0.25, -0.2) is 0 Å². The summed E-state index contributed by atoms with van der Waals surface area (Å²) in [6.07, 6.45) is 4.20. The quantitative estimate of drug-likeness (QED) is 0.869. The van der Waals surface area contributed by atoms with Gasteiger partial charge >= 0.3 is 0 Å². The third-order valence-corrected chi connectivity index (χ3v) is 3.89. The van der Waals surface area contributed by atoms with Gasteiger partial charge in [-0.1, -0.05) is 6.07 Å². The molecule has 2 aromatic rings. The van der Waals surface area contributed by atoms with Crippen LogP contribution in [0.4, 0.5) is 5.69 Å². The summed E-state index contributed by atoms with van der Waals surface area (Å²) in [4.78, 5) is 18.1. The summed E-state index contributed by atoms with van der Waals surface area (Å²) < 4.78 is 5.50. The molecular formula is C17H18N2O2. The van der Waals surface area contributed by atoms with E-state index in [4.69, 9.17) is 4.74 Å². The first kappa shape index (κ1) is 13.6. The Labute approximate surface area is 124 Å². The molecule has 3 rings (SSSR count). The van der Waals surface area contributed by atoms with Gasteiger partial charge in [0.15, 0.2) is 6.61 Å². The van der Waals surface area contributed by atoms with Gasteiger partial charge in [0.2, 0.25) is 0 Å². The molecule has 0 spiro atoms. The van der Waals surface area contributed by atoms with Crippen LogP contribution in [0.3, 0.4) is 0 Å². The Kier molecular flexibility index (Phi) is 3.60. The summed E-state index contributed by atoms with van der Waals surface area (Å²) in [5, 5.41) is 0. The van der Waals surface area contributed by atoms with E-state index in [0.717, 1.165) is 18.7 Å². The Morgan fingerprint density at radius 2 is 2.14 bits per heavy atom. The molecular weight excluding hydrogens is 264 g/mol. The third-order valence-electron chi connectivity index (χ3n) is 3.89. The highest BCUT2D eigenvalue weighted by Crippen LogP contribution is 2.30. The fraction of sp³-hybridized carbons (Fsp3) is 0.294. The summed E-state index contributed by atoms with van der Waals surface area (Å²) in [6.45, 7) is 4.94. The lowest BCUT2D eigenvalue weighted by atomic mass is 10.0. The zero-order valence-corrected chi connectivity index (χ0v) is 12.3. The molecule has 21 heavy (non-hydrogen) atoms. The molecule has 1 aromatic carbocycles. The van der Waals surface area contributed by atoms with Gasteiger partial charge in [0.25, 0.3) is 5.91 Å². The molecule has 0 atom stereocenters. The summed E-state index contributed by atoms with van der Waals surface area (Å²) in [5.41, 5.74) is 4.75. The Morgan fingerprint density at radius 3 is 2.90 bits per heavy atom. The monoisotopic (exact) mass is 282 g/mol. The number of hydrogen-bond acceptors (Lipinski definition) is 3. The zero-order valence-electron chi connectivity index (χ0n) is 12.3. The van der Waals surface area contributed by atoms with Crippen molar-refractivity contribution in [3.05, 3.63) is 53.3 Å². The Balaban J connectivity index is 1.72. The molecule has 0 saturated carbocycles. The number of amides is 1. The van der Waals surface area contributed by atoms with E-state index >= 15 is 0 Å². The predicted molar refractivity (Wildman–Crippen MR) is 81.7 cm³/mol. The fourth-order valence-electron chi connectivity index (χ4n) is 2.58. The van der Waals surface area contributed by atoms with Crippen molar-refractivity contribution >= 4 is 11.6 Å². The number of carbonyl (C=O) groups excluding carboxylic acids is 1. The minimum Gasteiger partial charge on any atom is -0.482 e. The fourth-order valence-corrected chi connectivity index (χ4v) is 2.58.